The zero-order valence-corrected chi connectivity index (χ0v) is 11.2. The highest BCUT2D eigenvalue weighted by molar-refractivity contribution is 5.84. The van der Waals surface area contributed by atoms with Gasteiger partial charge in [0.25, 0.3) is 0 Å². The second-order valence-corrected chi connectivity index (χ2v) is 6.09. The van der Waals surface area contributed by atoms with E-state index in [1.807, 2.05) is 0 Å². The van der Waals surface area contributed by atoms with Gasteiger partial charge in [0.15, 0.2) is 0 Å². The second-order valence-electron chi connectivity index (χ2n) is 6.09. The minimum Gasteiger partial charge on any atom is -0.299 e. The Hall–Kier alpha value is -1.11. The van der Waals surface area contributed by atoms with Crippen LogP contribution >= 0.6 is 0 Å². The highest BCUT2D eigenvalue weighted by atomic mass is 16.1. The first-order valence-electron chi connectivity index (χ1n) is 7.36. The van der Waals surface area contributed by atoms with Crippen molar-refractivity contribution in [2.75, 3.05) is 0 Å². The summed E-state index contributed by atoms with van der Waals surface area (Å²) < 4.78 is 0. The molecule has 2 aliphatic rings. The number of ketones is 1. The maximum absolute atomic E-state index is 12.4. The van der Waals surface area contributed by atoms with Gasteiger partial charge < -0.3 is 0 Å². The van der Waals surface area contributed by atoms with E-state index in [9.17, 15) is 4.79 Å². The SMILES string of the molecule is CCc1ccc(CC(=O)C2CC3CCC2C3)cc1. The molecule has 0 radical (unpaired) electrons. The monoisotopic (exact) mass is 242 g/mol. The fraction of sp³-hybridized carbons (Fsp3) is 0.588. The van der Waals surface area contributed by atoms with Crippen molar-refractivity contribution in [1.29, 1.82) is 0 Å². The number of fused-ring (bicyclic) bond motifs is 2. The summed E-state index contributed by atoms with van der Waals surface area (Å²) in [5, 5.41) is 0. The van der Waals surface area contributed by atoms with E-state index in [4.69, 9.17) is 0 Å². The number of Topliss-reactive ketones (excluding diaryl/α,β-unsaturated/α-hetero) is 1. The molecular weight excluding hydrogens is 220 g/mol. The quantitative estimate of drug-likeness (QED) is 0.785. The van der Waals surface area contributed by atoms with Gasteiger partial charge in [-0.3, -0.25) is 4.79 Å². The van der Waals surface area contributed by atoms with E-state index in [0.717, 1.165) is 18.3 Å². The Morgan fingerprint density at radius 2 is 1.83 bits per heavy atom. The molecule has 2 saturated carbocycles. The molecule has 18 heavy (non-hydrogen) atoms. The zero-order chi connectivity index (χ0) is 12.5. The van der Waals surface area contributed by atoms with E-state index < -0.39 is 0 Å². The lowest BCUT2D eigenvalue weighted by atomic mass is 9.83. The molecule has 0 aromatic heterocycles. The number of carbonyl (C=O) groups is 1. The van der Waals surface area contributed by atoms with Crippen LogP contribution in [-0.4, -0.2) is 5.78 Å². The summed E-state index contributed by atoms with van der Waals surface area (Å²) in [6.07, 6.45) is 6.90. The molecule has 0 N–H and O–H groups in total. The molecule has 2 aliphatic carbocycles. The topological polar surface area (TPSA) is 17.1 Å². The van der Waals surface area contributed by atoms with Crippen molar-refractivity contribution < 1.29 is 4.79 Å². The second kappa shape index (κ2) is 4.87. The third-order valence-corrected chi connectivity index (χ3v) is 4.96. The molecule has 1 heteroatoms. The fourth-order valence-electron chi connectivity index (χ4n) is 3.86. The van der Waals surface area contributed by atoms with Gasteiger partial charge in [-0.05, 0) is 48.6 Å². The van der Waals surface area contributed by atoms with Crippen LogP contribution in [0, 0.1) is 17.8 Å². The van der Waals surface area contributed by atoms with Gasteiger partial charge in [0.05, 0.1) is 0 Å². The van der Waals surface area contributed by atoms with E-state index >= 15 is 0 Å². The summed E-state index contributed by atoms with van der Waals surface area (Å²) in [4.78, 5) is 12.4. The molecule has 3 rings (SSSR count). The number of aryl methyl sites for hydroxylation is 1. The lowest BCUT2D eigenvalue weighted by Crippen LogP contribution is -2.22. The number of benzene rings is 1. The molecular formula is C17H22O. The van der Waals surface area contributed by atoms with Crippen molar-refractivity contribution in [3.8, 4) is 0 Å². The van der Waals surface area contributed by atoms with Crippen molar-refractivity contribution in [2.45, 2.75) is 45.4 Å². The summed E-state index contributed by atoms with van der Waals surface area (Å²) in [5.41, 5.74) is 2.55. The average molecular weight is 242 g/mol. The molecule has 3 atom stereocenters. The van der Waals surface area contributed by atoms with Gasteiger partial charge in [0.2, 0.25) is 0 Å². The molecule has 0 aliphatic heterocycles. The summed E-state index contributed by atoms with van der Waals surface area (Å²) in [6.45, 7) is 2.16. The zero-order valence-electron chi connectivity index (χ0n) is 11.2. The molecule has 2 bridgehead atoms. The van der Waals surface area contributed by atoms with Crippen LogP contribution in [0.5, 0.6) is 0 Å². The predicted octanol–water partition coefficient (Wildman–Crippen LogP) is 3.80. The molecule has 96 valence electrons. The number of rotatable bonds is 4. The van der Waals surface area contributed by atoms with Crippen molar-refractivity contribution in [1.82, 2.24) is 0 Å². The van der Waals surface area contributed by atoms with E-state index in [1.165, 1.54) is 36.8 Å². The summed E-state index contributed by atoms with van der Waals surface area (Å²) in [5.74, 6) is 2.46. The van der Waals surface area contributed by atoms with Gasteiger partial charge in [-0.25, -0.2) is 0 Å². The molecule has 0 amide bonds. The normalized spacial score (nSPS) is 29.7. The molecule has 0 saturated heterocycles. The van der Waals surface area contributed by atoms with Crippen LogP contribution in [0.3, 0.4) is 0 Å². The lowest BCUT2D eigenvalue weighted by molar-refractivity contribution is -0.123. The Balaban J connectivity index is 1.63. The summed E-state index contributed by atoms with van der Waals surface area (Å²) >= 11 is 0. The molecule has 2 fully saturated rings. The van der Waals surface area contributed by atoms with Crippen molar-refractivity contribution in [3.63, 3.8) is 0 Å². The third-order valence-electron chi connectivity index (χ3n) is 4.96. The molecule has 0 spiro atoms. The van der Waals surface area contributed by atoms with Gasteiger partial charge >= 0.3 is 0 Å². The summed E-state index contributed by atoms with van der Waals surface area (Å²) in [7, 11) is 0. The fourth-order valence-corrected chi connectivity index (χ4v) is 3.86. The van der Waals surface area contributed by atoms with Crippen LogP contribution in [0.2, 0.25) is 0 Å². The van der Waals surface area contributed by atoms with Gasteiger partial charge in [-0.15, -0.1) is 0 Å². The van der Waals surface area contributed by atoms with Crippen LogP contribution in [0.25, 0.3) is 0 Å². The maximum atomic E-state index is 12.4. The number of hydrogen-bond donors (Lipinski definition) is 0. The van der Waals surface area contributed by atoms with Crippen LogP contribution in [0.15, 0.2) is 24.3 Å². The first kappa shape index (κ1) is 12.0. The minimum absolute atomic E-state index is 0.384. The third kappa shape index (κ3) is 2.23. The maximum Gasteiger partial charge on any atom is 0.140 e. The van der Waals surface area contributed by atoms with Crippen molar-refractivity contribution in [3.05, 3.63) is 35.4 Å². The van der Waals surface area contributed by atoms with Crippen LogP contribution in [-0.2, 0) is 17.6 Å². The minimum atomic E-state index is 0.384. The highest BCUT2D eigenvalue weighted by Gasteiger charge is 2.42. The molecule has 1 aromatic carbocycles. The standard InChI is InChI=1S/C17H22O/c1-2-12-3-5-13(6-4-12)11-17(18)16-10-14-7-8-15(16)9-14/h3-6,14-16H,2,7-11H2,1H3. The Morgan fingerprint density at radius 1 is 1.11 bits per heavy atom. The van der Waals surface area contributed by atoms with E-state index in [1.54, 1.807) is 0 Å². The molecule has 0 heterocycles. The molecule has 1 nitrogen and oxygen atoms in total. The average Bonchev–Trinajstić information content (AvgIpc) is 3.02. The number of hydrogen-bond acceptors (Lipinski definition) is 1. The van der Waals surface area contributed by atoms with Crippen LogP contribution in [0.1, 0.15) is 43.7 Å². The first-order valence-corrected chi connectivity index (χ1v) is 7.36. The molecule has 1 aromatic rings. The van der Waals surface area contributed by atoms with Gasteiger partial charge in [0, 0.05) is 12.3 Å². The van der Waals surface area contributed by atoms with Crippen molar-refractivity contribution in [2.24, 2.45) is 17.8 Å². The Morgan fingerprint density at radius 3 is 2.39 bits per heavy atom. The van der Waals surface area contributed by atoms with Crippen LogP contribution < -0.4 is 0 Å². The van der Waals surface area contributed by atoms with E-state index in [2.05, 4.69) is 31.2 Å². The predicted molar refractivity (Wildman–Crippen MR) is 73.5 cm³/mol. The molecule has 3 unspecified atom stereocenters. The smallest absolute Gasteiger partial charge is 0.140 e. The highest BCUT2D eigenvalue weighted by Crippen LogP contribution is 2.48. The van der Waals surface area contributed by atoms with E-state index in [0.29, 0.717) is 18.1 Å². The van der Waals surface area contributed by atoms with Crippen molar-refractivity contribution >= 4 is 5.78 Å². The van der Waals surface area contributed by atoms with Gasteiger partial charge in [-0.1, -0.05) is 37.6 Å². The first-order chi connectivity index (χ1) is 8.76. The Kier molecular flexibility index (Phi) is 3.23. The number of carbonyl (C=O) groups excluding carboxylic acids is 1. The largest absolute Gasteiger partial charge is 0.299 e. The summed E-state index contributed by atoms with van der Waals surface area (Å²) in [6, 6.07) is 8.57. The Labute approximate surface area is 110 Å². The lowest BCUT2D eigenvalue weighted by Gasteiger charge is -2.20. The van der Waals surface area contributed by atoms with Gasteiger partial charge in [0.1, 0.15) is 5.78 Å². The Bertz CT molecular complexity index is 431. The van der Waals surface area contributed by atoms with E-state index in [-0.39, 0.29) is 0 Å². The van der Waals surface area contributed by atoms with Gasteiger partial charge in [-0.2, -0.15) is 0 Å². The van der Waals surface area contributed by atoms with Crippen LogP contribution in [0.4, 0.5) is 0 Å².